The highest BCUT2D eigenvalue weighted by Gasteiger charge is 1.99. The third-order valence-corrected chi connectivity index (χ3v) is 2.83. The van der Waals surface area contributed by atoms with Crippen molar-refractivity contribution in [3.05, 3.63) is 0 Å². The van der Waals surface area contributed by atoms with Gasteiger partial charge in [-0.2, -0.15) is 0 Å². The summed E-state index contributed by atoms with van der Waals surface area (Å²) in [6, 6.07) is 0. The Bertz CT molecular complexity index is 101. The first kappa shape index (κ1) is 14.0. The van der Waals surface area contributed by atoms with E-state index in [0.29, 0.717) is 0 Å². The van der Waals surface area contributed by atoms with Crippen LogP contribution < -0.4 is 5.32 Å². The van der Waals surface area contributed by atoms with Gasteiger partial charge in [-0.25, -0.2) is 0 Å². The molecule has 0 spiro atoms. The predicted molar refractivity (Wildman–Crippen MR) is 65.7 cm³/mol. The molecule has 1 unspecified atom stereocenters. The van der Waals surface area contributed by atoms with Crippen LogP contribution in [-0.4, -0.2) is 13.1 Å². The molecule has 86 valence electrons. The SMILES string of the molecule is CCCC(C)CCCCCCNCC. The Kier molecular flexibility index (Phi) is 11.0. The topological polar surface area (TPSA) is 12.0 Å². The van der Waals surface area contributed by atoms with Crippen LogP contribution in [0.1, 0.15) is 65.7 Å². The number of hydrogen-bond donors (Lipinski definition) is 1. The van der Waals surface area contributed by atoms with E-state index in [1.54, 1.807) is 0 Å². The van der Waals surface area contributed by atoms with Crippen LogP contribution in [0.3, 0.4) is 0 Å². The van der Waals surface area contributed by atoms with Crippen molar-refractivity contribution in [1.29, 1.82) is 0 Å². The van der Waals surface area contributed by atoms with E-state index in [1.165, 1.54) is 51.5 Å². The maximum absolute atomic E-state index is 3.37. The van der Waals surface area contributed by atoms with Crippen molar-refractivity contribution in [1.82, 2.24) is 5.32 Å². The first-order valence-corrected chi connectivity index (χ1v) is 6.52. The average Bonchev–Trinajstić information content (AvgIpc) is 2.17. The van der Waals surface area contributed by atoms with Crippen LogP contribution in [0.15, 0.2) is 0 Å². The lowest BCUT2D eigenvalue weighted by molar-refractivity contribution is 0.452. The van der Waals surface area contributed by atoms with Crippen LogP contribution in [-0.2, 0) is 0 Å². The van der Waals surface area contributed by atoms with E-state index in [2.05, 4.69) is 26.1 Å². The van der Waals surface area contributed by atoms with Gasteiger partial charge in [0.05, 0.1) is 0 Å². The van der Waals surface area contributed by atoms with E-state index in [-0.39, 0.29) is 0 Å². The molecular formula is C13H29N. The van der Waals surface area contributed by atoms with E-state index in [9.17, 15) is 0 Å². The summed E-state index contributed by atoms with van der Waals surface area (Å²) in [7, 11) is 0. The lowest BCUT2D eigenvalue weighted by atomic mass is 9.98. The van der Waals surface area contributed by atoms with E-state index < -0.39 is 0 Å². The molecule has 14 heavy (non-hydrogen) atoms. The van der Waals surface area contributed by atoms with Gasteiger partial charge in [-0.1, -0.05) is 59.3 Å². The zero-order valence-corrected chi connectivity index (χ0v) is 10.4. The van der Waals surface area contributed by atoms with Gasteiger partial charge in [0.2, 0.25) is 0 Å². The first-order chi connectivity index (χ1) is 6.81. The van der Waals surface area contributed by atoms with Crippen LogP contribution in [0.4, 0.5) is 0 Å². The summed E-state index contributed by atoms with van der Waals surface area (Å²) in [5.41, 5.74) is 0. The van der Waals surface area contributed by atoms with Crippen molar-refractivity contribution in [3.8, 4) is 0 Å². The molecule has 1 nitrogen and oxygen atoms in total. The predicted octanol–water partition coefficient (Wildman–Crippen LogP) is 3.98. The Balaban J connectivity index is 2.98. The van der Waals surface area contributed by atoms with Gasteiger partial charge in [-0.15, -0.1) is 0 Å². The lowest BCUT2D eigenvalue weighted by Crippen LogP contribution is -2.13. The molecule has 1 heteroatoms. The highest BCUT2D eigenvalue weighted by atomic mass is 14.8. The molecule has 0 aliphatic rings. The fraction of sp³-hybridized carbons (Fsp3) is 1.00. The molecule has 0 heterocycles. The summed E-state index contributed by atoms with van der Waals surface area (Å²) in [5.74, 6) is 0.953. The molecule has 0 bridgehead atoms. The van der Waals surface area contributed by atoms with Crippen molar-refractivity contribution in [2.24, 2.45) is 5.92 Å². The lowest BCUT2D eigenvalue weighted by Gasteiger charge is -2.09. The van der Waals surface area contributed by atoms with Gasteiger partial charge >= 0.3 is 0 Å². The zero-order valence-electron chi connectivity index (χ0n) is 10.4. The van der Waals surface area contributed by atoms with Gasteiger partial charge in [0.1, 0.15) is 0 Å². The molecule has 0 aromatic rings. The van der Waals surface area contributed by atoms with Crippen molar-refractivity contribution < 1.29 is 0 Å². The monoisotopic (exact) mass is 199 g/mol. The van der Waals surface area contributed by atoms with Crippen LogP contribution in [0, 0.1) is 5.92 Å². The molecule has 0 aliphatic carbocycles. The van der Waals surface area contributed by atoms with Crippen molar-refractivity contribution in [2.75, 3.05) is 13.1 Å². The molecule has 0 saturated carbocycles. The number of nitrogens with one attached hydrogen (secondary N) is 1. The summed E-state index contributed by atoms with van der Waals surface area (Å²) in [4.78, 5) is 0. The highest BCUT2D eigenvalue weighted by molar-refractivity contribution is 4.53. The normalized spacial score (nSPS) is 13.1. The molecule has 0 aromatic carbocycles. The van der Waals surface area contributed by atoms with Gasteiger partial charge < -0.3 is 5.32 Å². The molecule has 0 aromatic heterocycles. The number of unbranched alkanes of at least 4 members (excludes halogenated alkanes) is 3. The molecule has 0 amide bonds. The maximum Gasteiger partial charge on any atom is -0.00490 e. The van der Waals surface area contributed by atoms with Gasteiger partial charge in [-0.3, -0.25) is 0 Å². The second-order valence-electron chi connectivity index (χ2n) is 4.45. The second-order valence-corrected chi connectivity index (χ2v) is 4.45. The average molecular weight is 199 g/mol. The minimum Gasteiger partial charge on any atom is -0.317 e. The summed E-state index contributed by atoms with van der Waals surface area (Å²) in [5, 5.41) is 3.37. The quantitative estimate of drug-likeness (QED) is 0.525. The van der Waals surface area contributed by atoms with E-state index in [4.69, 9.17) is 0 Å². The van der Waals surface area contributed by atoms with Crippen LogP contribution in [0.5, 0.6) is 0 Å². The van der Waals surface area contributed by atoms with Crippen molar-refractivity contribution in [3.63, 3.8) is 0 Å². The van der Waals surface area contributed by atoms with Crippen molar-refractivity contribution in [2.45, 2.75) is 65.7 Å². The highest BCUT2D eigenvalue weighted by Crippen LogP contribution is 2.14. The van der Waals surface area contributed by atoms with Crippen LogP contribution >= 0.6 is 0 Å². The molecule has 0 rings (SSSR count). The second kappa shape index (κ2) is 11.0. The molecule has 0 radical (unpaired) electrons. The molecular weight excluding hydrogens is 170 g/mol. The maximum atomic E-state index is 3.37. The Morgan fingerprint density at radius 3 is 2.29 bits per heavy atom. The van der Waals surface area contributed by atoms with E-state index in [0.717, 1.165) is 12.5 Å². The van der Waals surface area contributed by atoms with Gasteiger partial charge in [0.25, 0.3) is 0 Å². The third kappa shape index (κ3) is 10.0. The minimum absolute atomic E-state index is 0.953. The van der Waals surface area contributed by atoms with Crippen LogP contribution in [0.2, 0.25) is 0 Å². The number of rotatable bonds is 10. The molecule has 1 N–H and O–H groups in total. The van der Waals surface area contributed by atoms with Crippen molar-refractivity contribution >= 4 is 0 Å². The largest absolute Gasteiger partial charge is 0.317 e. The Hall–Kier alpha value is -0.0400. The van der Waals surface area contributed by atoms with Gasteiger partial charge in [-0.05, 0) is 25.4 Å². The molecule has 0 fully saturated rings. The molecule has 1 atom stereocenters. The Morgan fingerprint density at radius 2 is 1.64 bits per heavy atom. The fourth-order valence-electron chi connectivity index (χ4n) is 1.91. The van der Waals surface area contributed by atoms with Crippen LogP contribution in [0.25, 0.3) is 0 Å². The standard InChI is InChI=1S/C13H29N/c1-4-10-13(3)11-8-6-7-9-12-14-5-2/h13-14H,4-12H2,1-3H3. The van der Waals surface area contributed by atoms with E-state index in [1.807, 2.05) is 0 Å². The fourth-order valence-corrected chi connectivity index (χ4v) is 1.91. The van der Waals surface area contributed by atoms with Gasteiger partial charge in [0, 0.05) is 0 Å². The molecule has 0 aliphatic heterocycles. The minimum atomic E-state index is 0.953. The summed E-state index contributed by atoms with van der Waals surface area (Å²) < 4.78 is 0. The zero-order chi connectivity index (χ0) is 10.6. The third-order valence-electron chi connectivity index (χ3n) is 2.83. The summed E-state index contributed by atoms with van der Waals surface area (Å²) >= 11 is 0. The van der Waals surface area contributed by atoms with E-state index >= 15 is 0 Å². The molecule has 0 saturated heterocycles. The van der Waals surface area contributed by atoms with Gasteiger partial charge in [0.15, 0.2) is 0 Å². The number of hydrogen-bond acceptors (Lipinski definition) is 1. The Labute approximate surface area is 90.7 Å². The first-order valence-electron chi connectivity index (χ1n) is 6.52. The summed E-state index contributed by atoms with van der Waals surface area (Å²) in [6.07, 6.45) is 9.84. The smallest absolute Gasteiger partial charge is 0.00490 e. The Morgan fingerprint density at radius 1 is 0.929 bits per heavy atom. The summed E-state index contributed by atoms with van der Waals surface area (Å²) in [6.45, 7) is 9.18.